The lowest BCUT2D eigenvalue weighted by Crippen LogP contribution is -1.56. The van der Waals surface area contributed by atoms with Gasteiger partial charge in [-0.2, -0.15) is 0 Å². The lowest BCUT2D eigenvalue weighted by molar-refractivity contribution is 0.399. The highest BCUT2D eigenvalue weighted by atomic mass is 128. The molecule has 0 aliphatic heterocycles. The molecule has 1 rings (SSSR count). The molecule has 0 aliphatic carbocycles. The van der Waals surface area contributed by atoms with E-state index in [1.165, 1.54) is 0 Å². The molecule has 0 spiro atoms. The Morgan fingerprint density at radius 2 is 1.23 bits per heavy atom. The van der Waals surface area contributed by atoms with Crippen molar-refractivity contribution in [2.24, 2.45) is 0 Å². The van der Waals surface area contributed by atoms with Crippen molar-refractivity contribution in [2.45, 2.75) is 13.8 Å². The highest BCUT2D eigenvalue weighted by Gasteiger charge is 1.74. The second-order valence-corrected chi connectivity index (χ2v) is 1.34. The largest absolute Gasteiger partial charge is 0.508 e. The van der Waals surface area contributed by atoms with Gasteiger partial charge in [-0.15, -0.1) is 0 Å². The summed E-state index contributed by atoms with van der Waals surface area (Å²) in [5, 5.41) is 15.6. The van der Waals surface area contributed by atoms with Crippen LogP contribution in [0.25, 0.3) is 0 Å². The summed E-state index contributed by atoms with van der Waals surface area (Å²) in [4.78, 5) is 0. The number of rotatable bonds is 0. The van der Waals surface area contributed by atoms with Gasteiger partial charge in [0.25, 0.3) is 0 Å². The number of halogens is 2. The molecule has 1 aromatic carbocycles. The van der Waals surface area contributed by atoms with Gasteiger partial charge in [-0.3, -0.25) is 0 Å². The van der Waals surface area contributed by atoms with Crippen LogP contribution in [0.3, 0.4) is 0 Å². The Morgan fingerprint density at radius 3 is 1.38 bits per heavy atom. The van der Waals surface area contributed by atoms with E-state index in [-0.39, 0.29) is 0 Å². The van der Waals surface area contributed by atoms with E-state index in [0.29, 0.717) is 5.75 Å². The Kier molecular flexibility index (Phi) is 33.5. The van der Waals surface area contributed by atoms with Gasteiger partial charge in [0.05, 0.1) is 0 Å². The van der Waals surface area contributed by atoms with Gasteiger partial charge in [-0.05, 0) is 12.1 Å². The second kappa shape index (κ2) is 22.9. The van der Waals surface area contributed by atoms with E-state index in [4.69, 9.17) is 10.2 Å². The fraction of sp³-hybridized carbons (Fsp3) is 0.333. The third kappa shape index (κ3) is 19.0. The number of phenols is 1. The number of phenolic OH excluding ortho intramolecular Hbond substituents is 1. The molecular formula is C9H16I2O2. The van der Waals surface area contributed by atoms with Crippen LogP contribution in [0.4, 0.5) is 0 Å². The Balaban J connectivity index is -0.000000144. The van der Waals surface area contributed by atoms with Gasteiger partial charge < -0.3 is 10.2 Å². The topological polar surface area (TPSA) is 40.5 Å². The SMILES string of the molecule is CC.CO.II.Oc1ccccc1. The standard InChI is InChI=1S/C6H6O.C2H6.CH4O.I2/c7-6-4-2-1-3-5-6;3*1-2/h1-5,7H;1-2H3;2H,1H3;. The van der Waals surface area contributed by atoms with E-state index in [9.17, 15) is 0 Å². The molecule has 0 bridgehead atoms. The number of aliphatic hydroxyl groups is 1. The number of hydrogen-bond acceptors (Lipinski definition) is 2. The Hall–Kier alpha value is 0.440. The molecule has 0 saturated heterocycles. The molecule has 0 atom stereocenters. The van der Waals surface area contributed by atoms with Gasteiger partial charge in [0.15, 0.2) is 0 Å². The highest BCUT2D eigenvalue weighted by Crippen LogP contribution is 2.02. The van der Waals surface area contributed by atoms with E-state index in [1.54, 1.807) is 24.3 Å². The van der Waals surface area contributed by atoms with E-state index in [1.807, 2.05) is 19.9 Å². The summed E-state index contributed by atoms with van der Waals surface area (Å²) in [6, 6.07) is 8.71. The summed E-state index contributed by atoms with van der Waals surface area (Å²) >= 11 is 4.24. The van der Waals surface area contributed by atoms with Gasteiger partial charge in [0.2, 0.25) is 0 Å². The predicted octanol–water partition coefficient (Wildman–Crippen LogP) is 3.80. The zero-order chi connectivity index (χ0) is 11.1. The van der Waals surface area contributed by atoms with Crippen LogP contribution in [-0.4, -0.2) is 17.3 Å². The molecule has 78 valence electrons. The summed E-state index contributed by atoms with van der Waals surface area (Å²) in [7, 11) is 1.00. The molecule has 0 amide bonds. The lowest BCUT2D eigenvalue weighted by Gasteiger charge is -1.82. The van der Waals surface area contributed by atoms with Crippen LogP contribution >= 0.6 is 37.2 Å². The first-order valence-electron chi connectivity index (χ1n) is 3.72. The van der Waals surface area contributed by atoms with Crippen LogP contribution in [0, 0.1) is 0 Å². The number of hydrogen-bond donors (Lipinski definition) is 2. The van der Waals surface area contributed by atoms with Crippen molar-refractivity contribution in [2.75, 3.05) is 7.11 Å². The zero-order valence-corrected chi connectivity index (χ0v) is 12.4. The van der Waals surface area contributed by atoms with E-state index >= 15 is 0 Å². The van der Waals surface area contributed by atoms with Gasteiger partial charge >= 0.3 is 0 Å². The quantitative estimate of drug-likeness (QED) is 0.640. The highest BCUT2D eigenvalue weighted by molar-refractivity contribution is 15.0. The fourth-order valence-electron chi connectivity index (χ4n) is 0.428. The Bertz CT molecular complexity index is 146. The molecule has 0 radical (unpaired) electrons. The van der Waals surface area contributed by atoms with E-state index in [2.05, 4.69) is 37.2 Å². The van der Waals surface area contributed by atoms with Crippen molar-refractivity contribution in [3.8, 4) is 5.75 Å². The van der Waals surface area contributed by atoms with Crippen LogP contribution in [0.2, 0.25) is 0 Å². The van der Waals surface area contributed by atoms with Crippen LogP contribution in [-0.2, 0) is 0 Å². The van der Waals surface area contributed by atoms with E-state index in [0.717, 1.165) is 7.11 Å². The molecule has 4 heteroatoms. The van der Waals surface area contributed by atoms with Crippen LogP contribution in [0.15, 0.2) is 30.3 Å². The van der Waals surface area contributed by atoms with Crippen molar-refractivity contribution < 1.29 is 10.2 Å². The van der Waals surface area contributed by atoms with Crippen LogP contribution in [0.5, 0.6) is 5.75 Å². The third-order valence-corrected chi connectivity index (χ3v) is 0.756. The average Bonchev–Trinajstić information content (AvgIpc) is 2.28. The Morgan fingerprint density at radius 1 is 0.923 bits per heavy atom. The smallest absolute Gasteiger partial charge is 0.115 e. The summed E-state index contributed by atoms with van der Waals surface area (Å²) in [5.74, 6) is 0.322. The van der Waals surface area contributed by atoms with Crippen molar-refractivity contribution in [1.29, 1.82) is 0 Å². The first-order valence-corrected chi connectivity index (χ1v) is 10.0. The maximum absolute atomic E-state index is 8.63. The van der Waals surface area contributed by atoms with Crippen molar-refractivity contribution in [3.63, 3.8) is 0 Å². The number of aliphatic hydroxyl groups excluding tert-OH is 1. The first-order chi connectivity index (χ1) is 6.39. The van der Waals surface area contributed by atoms with Gasteiger partial charge in [0.1, 0.15) is 5.75 Å². The van der Waals surface area contributed by atoms with Crippen LogP contribution in [0.1, 0.15) is 13.8 Å². The maximum Gasteiger partial charge on any atom is 0.115 e. The molecule has 0 unspecified atom stereocenters. The number of benzene rings is 1. The fourth-order valence-corrected chi connectivity index (χ4v) is 0.428. The second-order valence-electron chi connectivity index (χ2n) is 1.34. The lowest BCUT2D eigenvalue weighted by atomic mass is 10.3. The minimum atomic E-state index is 0.322. The van der Waals surface area contributed by atoms with Crippen molar-refractivity contribution >= 4 is 37.2 Å². The number of aromatic hydroxyl groups is 1. The van der Waals surface area contributed by atoms with Crippen LogP contribution < -0.4 is 0 Å². The number of para-hydroxylation sites is 1. The zero-order valence-electron chi connectivity index (χ0n) is 8.04. The van der Waals surface area contributed by atoms with E-state index < -0.39 is 0 Å². The van der Waals surface area contributed by atoms with Gasteiger partial charge in [0, 0.05) is 44.3 Å². The third-order valence-electron chi connectivity index (χ3n) is 0.756. The molecule has 0 heterocycles. The minimum absolute atomic E-state index is 0.322. The first kappa shape index (κ1) is 19.1. The monoisotopic (exact) mass is 410 g/mol. The summed E-state index contributed by atoms with van der Waals surface area (Å²) in [5.41, 5.74) is 0. The average molecular weight is 410 g/mol. The normalized spacial score (nSPS) is 6.00. The Labute approximate surface area is 104 Å². The van der Waals surface area contributed by atoms with Crippen molar-refractivity contribution in [3.05, 3.63) is 30.3 Å². The molecule has 0 aliphatic rings. The summed E-state index contributed by atoms with van der Waals surface area (Å²) in [6.07, 6.45) is 0. The minimum Gasteiger partial charge on any atom is -0.508 e. The van der Waals surface area contributed by atoms with Gasteiger partial charge in [-0.25, -0.2) is 0 Å². The molecule has 13 heavy (non-hydrogen) atoms. The molecule has 0 saturated carbocycles. The molecule has 0 aromatic heterocycles. The molecule has 0 fully saturated rings. The molecular weight excluding hydrogens is 394 g/mol. The van der Waals surface area contributed by atoms with Crippen molar-refractivity contribution in [1.82, 2.24) is 0 Å². The molecule has 2 nitrogen and oxygen atoms in total. The molecule has 2 N–H and O–H groups in total. The molecule has 1 aromatic rings. The predicted molar refractivity (Wildman–Crippen MR) is 75.6 cm³/mol. The summed E-state index contributed by atoms with van der Waals surface area (Å²) < 4.78 is 0. The maximum atomic E-state index is 8.63. The van der Waals surface area contributed by atoms with Gasteiger partial charge in [-0.1, -0.05) is 32.0 Å². The summed E-state index contributed by atoms with van der Waals surface area (Å²) in [6.45, 7) is 4.00.